The van der Waals surface area contributed by atoms with E-state index in [0.717, 1.165) is 11.1 Å². The Bertz CT molecular complexity index is 1150. The first-order chi connectivity index (χ1) is 15.3. The molecular weight excluding hydrogens is 408 g/mol. The summed E-state index contributed by atoms with van der Waals surface area (Å²) in [6, 6.07) is 18.1. The van der Waals surface area contributed by atoms with E-state index in [1.165, 1.54) is 6.92 Å². The zero-order valence-corrected chi connectivity index (χ0v) is 17.8. The maximum Gasteiger partial charge on any atom is 0.412 e. The van der Waals surface area contributed by atoms with E-state index in [2.05, 4.69) is 5.32 Å². The number of aromatic nitrogens is 1. The third kappa shape index (κ3) is 5.95. The van der Waals surface area contributed by atoms with Gasteiger partial charge in [0.1, 0.15) is 0 Å². The van der Waals surface area contributed by atoms with E-state index < -0.39 is 18.2 Å². The average molecular weight is 432 g/mol. The summed E-state index contributed by atoms with van der Waals surface area (Å²) < 4.78 is 6.63. The SMILES string of the molecule is Cc1ccc(C(=O)c2cccn2C/C=C/c2cccc(NC(=O)OC(C)C(=O)O)c2)cc1. The molecule has 1 heterocycles. The highest BCUT2D eigenvalue weighted by atomic mass is 16.6. The second-order valence-electron chi connectivity index (χ2n) is 7.28. The molecule has 0 radical (unpaired) electrons. The topological polar surface area (TPSA) is 97.6 Å². The van der Waals surface area contributed by atoms with Gasteiger partial charge in [-0.05, 0) is 43.7 Å². The number of allylic oxidation sites excluding steroid dienone is 1. The minimum absolute atomic E-state index is 0.0382. The van der Waals surface area contributed by atoms with Crippen LogP contribution in [0.4, 0.5) is 10.5 Å². The largest absolute Gasteiger partial charge is 0.479 e. The van der Waals surface area contributed by atoms with Crippen molar-refractivity contribution in [3.63, 3.8) is 0 Å². The number of anilines is 1. The third-order valence-electron chi connectivity index (χ3n) is 4.75. The molecule has 7 heteroatoms. The molecule has 3 aromatic rings. The number of benzene rings is 2. The summed E-state index contributed by atoms with van der Waals surface area (Å²) in [5.74, 6) is -1.26. The molecule has 1 atom stereocenters. The van der Waals surface area contributed by atoms with E-state index in [-0.39, 0.29) is 5.78 Å². The number of rotatable bonds is 8. The van der Waals surface area contributed by atoms with Gasteiger partial charge in [0.2, 0.25) is 5.78 Å². The lowest BCUT2D eigenvalue weighted by Crippen LogP contribution is -2.26. The van der Waals surface area contributed by atoms with E-state index in [4.69, 9.17) is 9.84 Å². The number of amides is 1. The number of hydrogen-bond acceptors (Lipinski definition) is 4. The second-order valence-corrected chi connectivity index (χ2v) is 7.28. The second kappa shape index (κ2) is 10.3. The lowest BCUT2D eigenvalue weighted by atomic mass is 10.1. The van der Waals surface area contributed by atoms with Crippen molar-refractivity contribution in [3.8, 4) is 0 Å². The Balaban J connectivity index is 1.64. The Hall–Kier alpha value is -4.13. The van der Waals surface area contributed by atoms with Crippen molar-refractivity contribution < 1.29 is 24.2 Å². The normalized spacial score (nSPS) is 11.8. The number of nitrogens with one attached hydrogen (secondary N) is 1. The Kier molecular flexibility index (Phi) is 7.23. The van der Waals surface area contributed by atoms with Gasteiger partial charge in [0.25, 0.3) is 0 Å². The van der Waals surface area contributed by atoms with E-state index in [1.807, 2.05) is 66.2 Å². The van der Waals surface area contributed by atoms with Gasteiger partial charge in [-0.1, -0.05) is 54.1 Å². The zero-order valence-electron chi connectivity index (χ0n) is 17.8. The van der Waals surface area contributed by atoms with Crippen molar-refractivity contribution in [2.75, 3.05) is 5.32 Å². The molecule has 2 N–H and O–H groups in total. The minimum atomic E-state index is -1.24. The van der Waals surface area contributed by atoms with Crippen molar-refractivity contribution >= 4 is 29.6 Å². The fraction of sp³-hybridized carbons (Fsp3) is 0.160. The molecule has 7 nitrogen and oxygen atoms in total. The summed E-state index contributed by atoms with van der Waals surface area (Å²) in [7, 11) is 0. The maximum atomic E-state index is 12.8. The summed E-state index contributed by atoms with van der Waals surface area (Å²) in [6.07, 6.45) is 3.56. The molecule has 32 heavy (non-hydrogen) atoms. The number of nitrogens with zero attached hydrogens (tertiary/aromatic N) is 1. The number of aryl methyl sites for hydroxylation is 1. The van der Waals surface area contributed by atoms with Gasteiger partial charge in [0, 0.05) is 24.0 Å². The van der Waals surface area contributed by atoms with Crippen molar-refractivity contribution in [3.05, 3.63) is 95.3 Å². The van der Waals surface area contributed by atoms with Crippen molar-refractivity contribution in [1.82, 2.24) is 4.57 Å². The summed E-state index contributed by atoms with van der Waals surface area (Å²) in [6.45, 7) is 3.75. The maximum absolute atomic E-state index is 12.8. The summed E-state index contributed by atoms with van der Waals surface area (Å²) in [4.78, 5) is 35.4. The first kappa shape index (κ1) is 22.6. The lowest BCUT2D eigenvalue weighted by Gasteiger charge is -2.10. The highest BCUT2D eigenvalue weighted by molar-refractivity contribution is 6.08. The van der Waals surface area contributed by atoms with Crippen LogP contribution in [0.5, 0.6) is 0 Å². The van der Waals surface area contributed by atoms with Gasteiger partial charge >= 0.3 is 12.1 Å². The van der Waals surface area contributed by atoms with Crippen LogP contribution in [0, 0.1) is 6.92 Å². The van der Waals surface area contributed by atoms with Gasteiger partial charge in [-0.3, -0.25) is 10.1 Å². The molecular formula is C25H24N2O5. The van der Waals surface area contributed by atoms with E-state index in [9.17, 15) is 14.4 Å². The van der Waals surface area contributed by atoms with Gasteiger partial charge in [-0.2, -0.15) is 0 Å². The van der Waals surface area contributed by atoms with Crippen molar-refractivity contribution in [1.29, 1.82) is 0 Å². The first-order valence-corrected chi connectivity index (χ1v) is 10.1. The molecule has 0 saturated heterocycles. The smallest absolute Gasteiger partial charge is 0.412 e. The van der Waals surface area contributed by atoms with Crippen LogP contribution in [0.1, 0.15) is 34.1 Å². The van der Waals surface area contributed by atoms with Crippen LogP contribution in [0.15, 0.2) is 72.9 Å². The number of ketones is 1. The Morgan fingerprint density at radius 3 is 2.56 bits per heavy atom. The fourth-order valence-electron chi connectivity index (χ4n) is 3.01. The van der Waals surface area contributed by atoms with Gasteiger partial charge in [-0.15, -0.1) is 0 Å². The Morgan fingerprint density at radius 1 is 1.09 bits per heavy atom. The molecule has 164 valence electrons. The monoisotopic (exact) mass is 432 g/mol. The Morgan fingerprint density at radius 2 is 1.84 bits per heavy atom. The Labute approximate surface area is 186 Å². The van der Waals surface area contributed by atoms with Crippen LogP contribution < -0.4 is 5.32 Å². The molecule has 2 aromatic carbocycles. The third-order valence-corrected chi connectivity index (χ3v) is 4.75. The van der Waals surface area contributed by atoms with Crippen LogP contribution in [0.25, 0.3) is 6.08 Å². The number of carbonyl (C=O) groups is 3. The lowest BCUT2D eigenvalue weighted by molar-refractivity contribution is -0.145. The molecule has 0 saturated carbocycles. The minimum Gasteiger partial charge on any atom is -0.479 e. The number of carboxylic acid groups (broad SMARTS) is 1. The molecule has 0 bridgehead atoms. The number of carbonyl (C=O) groups excluding carboxylic acids is 2. The molecule has 3 rings (SSSR count). The van der Waals surface area contributed by atoms with Gasteiger partial charge < -0.3 is 14.4 Å². The summed E-state index contributed by atoms with van der Waals surface area (Å²) >= 11 is 0. The average Bonchev–Trinajstić information content (AvgIpc) is 3.22. The number of ether oxygens (including phenoxy) is 1. The standard InChI is InChI=1S/C25H24N2O5/c1-17-10-12-20(13-11-17)23(28)22-9-5-15-27(22)14-4-7-19-6-3-8-21(16-19)26-25(31)32-18(2)24(29)30/h3-13,15-16,18H,14H2,1-2H3,(H,26,31)(H,29,30)/b7-4+. The van der Waals surface area contributed by atoms with E-state index in [0.29, 0.717) is 23.5 Å². The predicted molar refractivity (Wildman–Crippen MR) is 122 cm³/mol. The molecule has 1 unspecified atom stereocenters. The van der Waals surface area contributed by atoms with Crippen molar-refractivity contribution in [2.45, 2.75) is 26.5 Å². The molecule has 0 spiro atoms. The molecule has 0 aliphatic heterocycles. The highest BCUT2D eigenvalue weighted by Gasteiger charge is 2.16. The van der Waals surface area contributed by atoms with Crippen LogP contribution in [-0.2, 0) is 16.1 Å². The number of carboxylic acids is 1. The van der Waals surface area contributed by atoms with Crippen molar-refractivity contribution in [2.24, 2.45) is 0 Å². The van der Waals surface area contributed by atoms with Crippen LogP contribution in [0.3, 0.4) is 0 Å². The van der Waals surface area contributed by atoms with Crippen LogP contribution >= 0.6 is 0 Å². The summed E-state index contributed by atoms with van der Waals surface area (Å²) in [5, 5.41) is 11.3. The molecule has 1 aromatic heterocycles. The number of aliphatic carboxylic acids is 1. The van der Waals surface area contributed by atoms with Crippen LogP contribution in [0.2, 0.25) is 0 Å². The molecule has 0 aliphatic carbocycles. The van der Waals surface area contributed by atoms with Gasteiger partial charge in [0.15, 0.2) is 6.10 Å². The van der Waals surface area contributed by atoms with E-state index in [1.54, 1.807) is 24.3 Å². The predicted octanol–water partition coefficient (Wildman–Crippen LogP) is 4.76. The van der Waals surface area contributed by atoms with Gasteiger partial charge in [-0.25, -0.2) is 9.59 Å². The highest BCUT2D eigenvalue weighted by Crippen LogP contribution is 2.15. The quantitative estimate of drug-likeness (QED) is 0.500. The number of hydrogen-bond donors (Lipinski definition) is 2. The van der Waals surface area contributed by atoms with Gasteiger partial charge in [0.05, 0.1) is 5.69 Å². The molecule has 1 amide bonds. The fourth-order valence-corrected chi connectivity index (χ4v) is 3.01. The first-order valence-electron chi connectivity index (χ1n) is 10.1. The zero-order chi connectivity index (χ0) is 23.1. The van der Waals surface area contributed by atoms with E-state index >= 15 is 0 Å². The van der Waals surface area contributed by atoms with Crippen LogP contribution in [-0.4, -0.2) is 33.6 Å². The molecule has 0 aliphatic rings. The summed E-state index contributed by atoms with van der Waals surface area (Å²) in [5.41, 5.74) is 3.64. The molecule has 0 fully saturated rings.